The number of anilines is 1. The molecule has 1 aliphatic heterocycles. The van der Waals surface area contributed by atoms with Crippen LogP contribution < -0.4 is 5.73 Å². The molecule has 20 heavy (non-hydrogen) atoms. The summed E-state index contributed by atoms with van der Waals surface area (Å²) < 4.78 is 27.3. The monoisotopic (exact) mass is 316 g/mol. The zero-order chi connectivity index (χ0) is 15.1. The van der Waals surface area contributed by atoms with Crippen molar-refractivity contribution in [3.63, 3.8) is 0 Å². The number of nitrogen functional groups attached to an aromatic ring is 1. The van der Waals surface area contributed by atoms with E-state index in [4.69, 9.17) is 17.3 Å². The summed E-state index contributed by atoms with van der Waals surface area (Å²) in [6, 6.07) is 3.06. The number of nitrogens with zero attached hydrogens (tertiary/aromatic N) is 1. The Balaban J connectivity index is 2.52. The van der Waals surface area contributed by atoms with Gasteiger partial charge in [0, 0.05) is 17.8 Å². The van der Waals surface area contributed by atoms with Crippen molar-refractivity contribution in [2.24, 2.45) is 0 Å². The fraction of sp³-hybridized carbons (Fsp3) is 0.571. The molecule has 112 valence electrons. The van der Waals surface area contributed by atoms with E-state index < -0.39 is 10.0 Å². The van der Waals surface area contributed by atoms with Crippen molar-refractivity contribution < 1.29 is 8.42 Å². The van der Waals surface area contributed by atoms with Crippen molar-refractivity contribution >= 4 is 27.3 Å². The molecule has 1 aromatic carbocycles. The molecule has 2 rings (SSSR count). The van der Waals surface area contributed by atoms with E-state index in [1.54, 1.807) is 10.4 Å². The smallest absolute Gasteiger partial charge is 0.245 e. The summed E-state index contributed by atoms with van der Waals surface area (Å²) in [7, 11) is -3.61. The molecule has 0 spiro atoms. The molecule has 0 unspecified atom stereocenters. The minimum Gasteiger partial charge on any atom is -0.398 e. The normalized spacial score (nSPS) is 24.8. The lowest BCUT2D eigenvalue weighted by atomic mass is 10.0. The summed E-state index contributed by atoms with van der Waals surface area (Å²) in [6.45, 7) is 5.70. The first-order valence-corrected chi connectivity index (χ1v) is 8.66. The molecule has 0 aromatic heterocycles. The molecule has 1 aromatic rings. The number of sulfonamides is 1. The Morgan fingerprint density at radius 1 is 1.25 bits per heavy atom. The first-order valence-electron chi connectivity index (χ1n) is 6.84. The molecule has 0 radical (unpaired) electrons. The van der Waals surface area contributed by atoms with Gasteiger partial charge in [-0.25, -0.2) is 8.42 Å². The number of halogens is 1. The second-order valence-corrected chi connectivity index (χ2v) is 7.82. The predicted molar refractivity (Wildman–Crippen MR) is 82.4 cm³/mol. The van der Waals surface area contributed by atoms with Gasteiger partial charge in [0.15, 0.2) is 0 Å². The Labute approximate surface area is 126 Å². The quantitative estimate of drug-likeness (QED) is 0.852. The Morgan fingerprint density at radius 3 is 2.35 bits per heavy atom. The molecule has 1 aliphatic rings. The first-order chi connectivity index (χ1) is 9.25. The minimum atomic E-state index is -3.61. The van der Waals surface area contributed by atoms with Crippen molar-refractivity contribution in [1.82, 2.24) is 4.31 Å². The third-order valence-electron chi connectivity index (χ3n) is 3.99. The zero-order valence-electron chi connectivity index (χ0n) is 12.1. The molecule has 0 bridgehead atoms. The standard InChI is InChI=1S/C14H21ClN2O2S/c1-9-7-12(15)14(8-13(9)16)20(18,19)17-10(2)5-4-6-11(17)3/h7-8,10-11H,4-6,16H2,1-3H3/t10-,11+. The predicted octanol–water partition coefficient (Wildman–Crippen LogP) is 3.18. The number of hydrogen-bond donors (Lipinski definition) is 1. The number of nitrogens with two attached hydrogens (primary N) is 1. The van der Waals surface area contributed by atoms with Gasteiger partial charge in [0.05, 0.1) is 5.02 Å². The number of hydrogen-bond acceptors (Lipinski definition) is 3. The molecule has 1 fully saturated rings. The average Bonchev–Trinajstić information content (AvgIpc) is 2.33. The molecule has 0 amide bonds. The fourth-order valence-electron chi connectivity index (χ4n) is 2.85. The summed E-state index contributed by atoms with van der Waals surface area (Å²) in [5.41, 5.74) is 7.08. The largest absolute Gasteiger partial charge is 0.398 e. The summed E-state index contributed by atoms with van der Waals surface area (Å²) >= 11 is 6.14. The molecule has 0 aliphatic carbocycles. The van der Waals surface area contributed by atoms with Crippen LogP contribution in [0.2, 0.25) is 5.02 Å². The van der Waals surface area contributed by atoms with Crippen molar-refractivity contribution in [3.8, 4) is 0 Å². The van der Waals surface area contributed by atoms with E-state index >= 15 is 0 Å². The van der Waals surface area contributed by atoms with Gasteiger partial charge in [0.1, 0.15) is 4.90 Å². The molecule has 2 atom stereocenters. The van der Waals surface area contributed by atoms with Crippen LogP contribution in [-0.2, 0) is 10.0 Å². The molecule has 2 N–H and O–H groups in total. The summed E-state index contributed by atoms with van der Waals surface area (Å²) in [6.07, 6.45) is 2.81. The number of aryl methyl sites for hydroxylation is 1. The van der Waals surface area contributed by atoms with Crippen LogP contribution in [0, 0.1) is 6.92 Å². The van der Waals surface area contributed by atoms with Crippen LogP contribution in [-0.4, -0.2) is 24.8 Å². The Kier molecular flexibility index (Phi) is 4.33. The van der Waals surface area contributed by atoms with Crippen LogP contribution in [0.1, 0.15) is 38.7 Å². The molecular formula is C14H21ClN2O2S. The molecule has 0 saturated carbocycles. The first kappa shape index (κ1) is 15.6. The van der Waals surface area contributed by atoms with Gasteiger partial charge >= 0.3 is 0 Å². The summed E-state index contributed by atoms with van der Waals surface area (Å²) in [5, 5.41) is 0.238. The molecule has 1 saturated heterocycles. The van der Waals surface area contributed by atoms with Gasteiger partial charge in [0.2, 0.25) is 10.0 Å². The van der Waals surface area contributed by atoms with E-state index in [0.29, 0.717) is 5.69 Å². The Hall–Kier alpha value is -0.780. The van der Waals surface area contributed by atoms with E-state index in [2.05, 4.69) is 0 Å². The van der Waals surface area contributed by atoms with Crippen molar-refractivity contribution in [3.05, 3.63) is 22.7 Å². The number of piperidine rings is 1. The lowest BCUT2D eigenvalue weighted by Gasteiger charge is -2.37. The van der Waals surface area contributed by atoms with Crippen LogP contribution in [0.4, 0.5) is 5.69 Å². The zero-order valence-corrected chi connectivity index (χ0v) is 13.6. The van der Waals surface area contributed by atoms with Crippen molar-refractivity contribution in [1.29, 1.82) is 0 Å². The highest BCUT2D eigenvalue weighted by Crippen LogP contribution is 2.34. The molecular weight excluding hydrogens is 296 g/mol. The topological polar surface area (TPSA) is 63.4 Å². The number of rotatable bonds is 2. The Bertz CT molecular complexity index is 606. The molecule has 4 nitrogen and oxygen atoms in total. The van der Waals surface area contributed by atoms with Crippen LogP contribution in [0.3, 0.4) is 0 Å². The lowest BCUT2D eigenvalue weighted by Crippen LogP contribution is -2.47. The Morgan fingerprint density at radius 2 is 1.80 bits per heavy atom. The van der Waals surface area contributed by atoms with Gasteiger partial charge in [-0.2, -0.15) is 4.31 Å². The summed E-state index contributed by atoms with van der Waals surface area (Å²) in [5.74, 6) is 0. The maximum atomic E-state index is 12.9. The van der Waals surface area contributed by atoms with Gasteiger partial charge in [0.25, 0.3) is 0 Å². The second-order valence-electron chi connectivity index (χ2n) is 5.60. The van der Waals surface area contributed by atoms with Crippen LogP contribution in [0.15, 0.2) is 17.0 Å². The number of benzene rings is 1. The van der Waals surface area contributed by atoms with Gasteiger partial charge in [-0.15, -0.1) is 0 Å². The van der Waals surface area contributed by atoms with Crippen molar-refractivity contribution in [2.75, 3.05) is 5.73 Å². The van der Waals surface area contributed by atoms with E-state index in [-0.39, 0.29) is 22.0 Å². The average molecular weight is 317 g/mol. The maximum Gasteiger partial charge on any atom is 0.245 e. The fourth-order valence-corrected chi connectivity index (χ4v) is 5.33. The summed E-state index contributed by atoms with van der Waals surface area (Å²) in [4.78, 5) is 0.114. The lowest BCUT2D eigenvalue weighted by molar-refractivity contribution is 0.204. The van der Waals surface area contributed by atoms with Gasteiger partial charge in [-0.1, -0.05) is 18.0 Å². The van der Waals surface area contributed by atoms with Gasteiger partial charge in [-0.05, 0) is 51.3 Å². The van der Waals surface area contributed by atoms with Crippen LogP contribution in [0.25, 0.3) is 0 Å². The van der Waals surface area contributed by atoms with Crippen LogP contribution >= 0.6 is 11.6 Å². The maximum absolute atomic E-state index is 12.9. The molecule has 6 heteroatoms. The second kappa shape index (κ2) is 5.54. The SMILES string of the molecule is Cc1cc(Cl)c(S(=O)(=O)N2[C@H](C)CCC[C@@H]2C)cc1N. The van der Waals surface area contributed by atoms with Crippen molar-refractivity contribution in [2.45, 2.75) is 57.0 Å². The highest BCUT2D eigenvalue weighted by atomic mass is 35.5. The van der Waals surface area contributed by atoms with Gasteiger partial charge in [-0.3, -0.25) is 0 Å². The van der Waals surface area contributed by atoms with E-state index in [0.717, 1.165) is 24.8 Å². The van der Waals surface area contributed by atoms with E-state index in [9.17, 15) is 8.42 Å². The third-order valence-corrected chi connectivity index (χ3v) is 6.58. The highest BCUT2D eigenvalue weighted by Gasteiger charge is 2.36. The third kappa shape index (κ3) is 2.67. The van der Waals surface area contributed by atoms with E-state index in [1.165, 1.54) is 6.07 Å². The molecule has 1 heterocycles. The highest BCUT2D eigenvalue weighted by molar-refractivity contribution is 7.89. The van der Waals surface area contributed by atoms with Crippen LogP contribution in [0.5, 0.6) is 0 Å². The van der Waals surface area contributed by atoms with Gasteiger partial charge < -0.3 is 5.73 Å². The van der Waals surface area contributed by atoms with E-state index in [1.807, 2.05) is 20.8 Å². The minimum absolute atomic E-state index is 0.0117.